The van der Waals surface area contributed by atoms with E-state index in [1.54, 1.807) is 11.1 Å². The Morgan fingerprint density at radius 2 is 1.86 bits per heavy atom. The number of carboxylic acids is 1. The van der Waals surface area contributed by atoms with Crippen molar-refractivity contribution in [2.45, 2.75) is 12.8 Å². The van der Waals surface area contributed by atoms with Crippen molar-refractivity contribution >= 4 is 17.8 Å². The molecule has 0 unspecified atom stereocenters. The highest BCUT2D eigenvalue weighted by atomic mass is 16.5. The minimum atomic E-state index is -0.981. The first-order chi connectivity index (χ1) is 9.92. The van der Waals surface area contributed by atoms with Crippen LogP contribution in [0.1, 0.15) is 12.8 Å². The third-order valence-electron chi connectivity index (χ3n) is 2.01. The molecule has 0 saturated carbocycles. The molecule has 1 saturated heterocycles. The lowest BCUT2D eigenvalue weighted by Crippen LogP contribution is -2.16. The van der Waals surface area contributed by atoms with Crippen LogP contribution in [-0.4, -0.2) is 52.7 Å². The number of amides is 1. The summed E-state index contributed by atoms with van der Waals surface area (Å²) in [4.78, 5) is 31.7. The van der Waals surface area contributed by atoms with Crippen molar-refractivity contribution in [3.8, 4) is 0 Å². The average Bonchev–Trinajstić information content (AvgIpc) is 2.91. The van der Waals surface area contributed by atoms with Gasteiger partial charge in [0.05, 0.1) is 6.61 Å². The first-order valence-corrected chi connectivity index (χ1v) is 6.10. The van der Waals surface area contributed by atoms with Gasteiger partial charge >= 0.3 is 11.9 Å². The number of aliphatic carboxylic acids is 1. The zero-order valence-electron chi connectivity index (χ0n) is 11.9. The first kappa shape index (κ1) is 20.9. The van der Waals surface area contributed by atoms with E-state index in [1.165, 1.54) is 0 Å². The highest BCUT2D eigenvalue weighted by Gasteiger charge is 2.15. The summed E-state index contributed by atoms with van der Waals surface area (Å²) in [6.07, 6.45) is 5.17. The molecule has 0 radical (unpaired) electrons. The molecule has 1 amide bonds. The van der Waals surface area contributed by atoms with Crippen LogP contribution in [0.15, 0.2) is 38.1 Å². The van der Waals surface area contributed by atoms with Crippen molar-refractivity contribution in [2.24, 2.45) is 0 Å². The maximum atomic E-state index is 10.7. The third-order valence-corrected chi connectivity index (χ3v) is 2.01. The number of carbonyl (C=O) groups is 3. The molecule has 1 fully saturated rings. The van der Waals surface area contributed by atoms with Crippen LogP contribution < -0.4 is 0 Å². The summed E-state index contributed by atoms with van der Waals surface area (Å²) in [7, 11) is 0. The molecule has 7 nitrogen and oxygen atoms in total. The molecule has 2 N–H and O–H groups in total. The Hall–Kier alpha value is -2.41. The molecule has 0 aromatic heterocycles. The Kier molecular flexibility index (Phi) is 13.9. The summed E-state index contributed by atoms with van der Waals surface area (Å²) in [5.74, 6) is -1.27. The molecule has 0 aromatic rings. The number of hydrogen-bond donors (Lipinski definition) is 2. The van der Waals surface area contributed by atoms with Gasteiger partial charge in [-0.25, -0.2) is 9.59 Å². The maximum Gasteiger partial charge on any atom is 0.330 e. The smallest absolute Gasteiger partial charge is 0.330 e. The third kappa shape index (κ3) is 13.8. The summed E-state index contributed by atoms with van der Waals surface area (Å²) < 4.78 is 4.33. The number of nitrogens with zero attached hydrogens (tertiary/aromatic N) is 1. The zero-order valence-corrected chi connectivity index (χ0v) is 11.9. The number of rotatable bonds is 5. The molecule has 7 heteroatoms. The van der Waals surface area contributed by atoms with E-state index in [4.69, 9.17) is 10.2 Å². The monoisotopic (exact) mass is 299 g/mol. The van der Waals surface area contributed by atoms with Gasteiger partial charge in [0.1, 0.15) is 6.61 Å². The lowest BCUT2D eigenvalue weighted by atomic mass is 10.4. The van der Waals surface area contributed by atoms with Gasteiger partial charge in [-0.3, -0.25) is 4.79 Å². The van der Waals surface area contributed by atoms with Gasteiger partial charge in [-0.05, 0) is 12.6 Å². The van der Waals surface area contributed by atoms with E-state index in [-0.39, 0.29) is 19.1 Å². The number of likely N-dealkylation sites (tertiary alicyclic amines) is 1. The first-order valence-electron chi connectivity index (χ1n) is 6.10. The molecule has 0 spiro atoms. The number of aliphatic hydroxyl groups excluding tert-OH is 1. The summed E-state index contributed by atoms with van der Waals surface area (Å²) in [5.41, 5.74) is 0. The lowest BCUT2D eigenvalue weighted by Gasteiger charge is -2.05. The number of aliphatic hydroxyl groups is 1. The number of esters is 1. The Balaban J connectivity index is 0. The molecule has 1 rings (SSSR count). The van der Waals surface area contributed by atoms with Gasteiger partial charge in [-0.1, -0.05) is 19.7 Å². The van der Waals surface area contributed by atoms with Crippen molar-refractivity contribution < 1.29 is 29.3 Å². The molecular weight excluding hydrogens is 278 g/mol. The summed E-state index contributed by atoms with van der Waals surface area (Å²) in [6, 6.07) is 0. The van der Waals surface area contributed by atoms with Crippen LogP contribution >= 0.6 is 0 Å². The molecular formula is C14H21NO6. The van der Waals surface area contributed by atoms with E-state index >= 15 is 0 Å². The van der Waals surface area contributed by atoms with E-state index < -0.39 is 11.9 Å². The van der Waals surface area contributed by atoms with E-state index in [0.717, 1.165) is 25.1 Å². The van der Waals surface area contributed by atoms with Crippen LogP contribution in [0.2, 0.25) is 0 Å². The quantitative estimate of drug-likeness (QED) is 0.572. The van der Waals surface area contributed by atoms with Gasteiger partial charge in [0, 0.05) is 25.1 Å². The van der Waals surface area contributed by atoms with Crippen molar-refractivity contribution in [3.63, 3.8) is 0 Å². The minimum Gasteiger partial charge on any atom is -0.478 e. The zero-order chi connectivity index (χ0) is 16.7. The van der Waals surface area contributed by atoms with Gasteiger partial charge in [-0.15, -0.1) is 0 Å². The summed E-state index contributed by atoms with van der Waals surface area (Å²) in [5, 5.41) is 15.7. The second-order valence-electron chi connectivity index (χ2n) is 3.51. The van der Waals surface area contributed by atoms with Crippen LogP contribution in [0, 0.1) is 0 Å². The van der Waals surface area contributed by atoms with Gasteiger partial charge in [0.15, 0.2) is 0 Å². The van der Waals surface area contributed by atoms with E-state index in [0.29, 0.717) is 6.42 Å². The van der Waals surface area contributed by atoms with E-state index in [1.807, 2.05) is 0 Å². The van der Waals surface area contributed by atoms with Crippen molar-refractivity contribution in [2.75, 3.05) is 19.8 Å². The van der Waals surface area contributed by atoms with Crippen LogP contribution in [0.3, 0.4) is 0 Å². The molecule has 1 aliphatic rings. The lowest BCUT2D eigenvalue weighted by molar-refractivity contribution is -0.138. The van der Waals surface area contributed by atoms with E-state index in [2.05, 4.69) is 24.5 Å². The van der Waals surface area contributed by atoms with Crippen LogP contribution in [0.25, 0.3) is 0 Å². The minimum absolute atomic E-state index is 0.0465. The van der Waals surface area contributed by atoms with Crippen LogP contribution in [-0.2, 0) is 19.1 Å². The van der Waals surface area contributed by atoms with Crippen LogP contribution in [0.4, 0.5) is 0 Å². The number of carboxylic acid groups (broad SMARTS) is 1. The van der Waals surface area contributed by atoms with Gasteiger partial charge in [-0.2, -0.15) is 0 Å². The Bertz CT molecular complexity index is 378. The number of carbonyl (C=O) groups excluding carboxylic acids is 2. The Morgan fingerprint density at radius 3 is 2.10 bits per heavy atom. The second-order valence-corrected chi connectivity index (χ2v) is 3.51. The summed E-state index contributed by atoms with van der Waals surface area (Å²) >= 11 is 0. The van der Waals surface area contributed by atoms with E-state index in [9.17, 15) is 14.4 Å². The van der Waals surface area contributed by atoms with Crippen molar-refractivity contribution in [1.82, 2.24) is 4.90 Å². The van der Waals surface area contributed by atoms with Crippen LogP contribution in [0.5, 0.6) is 0 Å². The van der Waals surface area contributed by atoms with Gasteiger partial charge in [0.2, 0.25) is 5.91 Å². The largest absolute Gasteiger partial charge is 0.478 e. The maximum absolute atomic E-state index is 10.7. The molecule has 1 aliphatic heterocycles. The van der Waals surface area contributed by atoms with Gasteiger partial charge in [0.25, 0.3) is 0 Å². The summed E-state index contributed by atoms with van der Waals surface area (Å²) in [6.45, 7) is 10.4. The standard InChI is InChI=1S/C6H9NO.C5H8O3.C3H4O2/c1-2-7-5-3-4-6(7)8;1-2-5(7)8-4-3-6;1-2-3(4)5/h2H,1,3-5H2;2,6H,1,3-4H2;2H,1H2,(H,4,5). The fourth-order valence-electron chi connectivity index (χ4n) is 1.07. The SMILES string of the molecule is C=CC(=O)O.C=CC(=O)OCCO.C=CN1CCCC1=O. The number of ether oxygens (including phenoxy) is 1. The topological polar surface area (TPSA) is 104 Å². The molecule has 0 aromatic carbocycles. The molecule has 0 bridgehead atoms. The molecule has 1 heterocycles. The highest BCUT2D eigenvalue weighted by molar-refractivity contribution is 5.81. The van der Waals surface area contributed by atoms with Gasteiger partial charge < -0.3 is 19.8 Å². The molecule has 21 heavy (non-hydrogen) atoms. The fraction of sp³-hybridized carbons (Fsp3) is 0.357. The Labute approximate surface area is 123 Å². The number of hydrogen-bond acceptors (Lipinski definition) is 5. The van der Waals surface area contributed by atoms with Crippen molar-refractivity contribution in [1.29, 1.82) is 0 Å². The Morgan fingerprint density at radius 1 is 1.29 bits per heavy atom. The normalized spacial score (nSPS) is 12.0. The van der Waals surface area contributed by atoms with Crippen molar-refractivity contribution in [3.05, 3.63) is 38.1 Å². The predicted molar refractivity (Wildman–Crippen MR) is 77.2 cm³/mol. The molecule has 0 aliphatic carbocycles. The molecule has 0 atom stereocenters. The fourth-order valence-corrected chi connectivity index (χ4v) is 1.07. The second kappa shape index (κ2) is 14.0. The average molecular weight is 299 g/mol. The molecule has 118 valence electrons. The highest BCUT2D eigenvalue weighted by Crippen LogP contribution is 2.08. The predicted octanol–water partition coefficient (Wildman–Crippen LogP) is 0.717.